The first-order valence-electron chi connectivity index (χ1n) is 13.0. The SMILES string of the molecule is CC(C)(C)c1cc(C=Nc2ccccc2-c2nc3c(-c4ccccc4)cccc3s2)c(O)c(C(C)(C)C)c1. The Morgan fingerprint density at radius 3 is 2.16 bits per heavy atom. The molecule has 3 nitrogen and oxygen atoms in total. The number of phenolic OH excluding ortho intramolecular Hbond substituents is 1. The molecule has 1 heterocycles. The molecule has 0 saturated heterocycles. The average Bonchev–Trinajstić information content (AvgIpc) is 3.32. The van der Waals surface area contributed by atoms with Gasteiger partial charge in [-0.25, -0.2) is 4.98 Å². The van der Waals surface area contributed by atoms with Crippen LogP contribution in [0, 0.1) is 0 Å². The minimum atomic E-state index is -0.191. The molecule has 0 aliphatic heterocycles. The van der Waals surface area contributed by atoms with E-state index < -0.39 is 0 Å². The number of phenols is 1. The first kappa shape index (κ1) is 25.9. The van der Waals surface area contributed by atoms with Gasteiger partial charge in [-0.15, -0.1) is 11.3 Å². The van der Waals surface area contributed by atoms with Gasteiger partial charge in [-0.05, 0) is 46.2 Å². The molecule has 38 heavy (non-hydrogen) atoms. The molecule has 192 valence electrons. The van der Waals surface area contributed by atoms with Gasteiger partial charge < -0.3 is 5.11 Å². The van der Waals surface area contributed by atoms with Gasteiger partial charge in [-0.3, -0.25) is 4.99 Å². The number of benzene rings is 4. The van der Waals surface area contributed by atoms with Crippen molar-refractivity contribution >= 4 is 33.5 Å². The maximum atomic E-state index is 11.2. The Balaban J connectivity index is 1.59. The zero-order valence-electron chi connectivity index (χ0n) is 22.9. The van der Waals surface area contributed by atoms with Crippen molar-refractivity contribution in [3.8, 4) is 27.4 Å². The minimum absolute atomic E-state index is 0.0499. The molecular formula is C34H34N2OS. The van der Waals surface area contributed by atoms with Crippen molar-refractivity contribution in [1.29, 1.82) is 0 Å². The number of nitrogens with zero attached hydrogens (tertiary/aromatic N) is 2. The molecule has 0 fully saturated rings. The van der Waals surface area contributed by atoms with E-state index in [1.807, 2.05) is 24.3 Å². The van der Waals surface area contributed by atoms with Gasteiger partial charge in [-0.2, -0.15) is 0 Å². The molecule has 0 bridgehead atoms. The molecule has 4 heteroatoms. The monoisotopic (exact) mass is 518 g/mol. The maximum Gasteiger partial charge on any atom is 0.128 e. The first-order chi connectivity index (χ1) is 18.0. The van der Waals surface area contributed by atoms with E-state index >= 15 is 0 Å². The highest BCUT2D eigenvalue weighted by Gasteiger charge is 2.24. The number of rotatable bonds is 4. The van der Waals surface area contributed by atoms with Crippen LogP contribution in [0.5, 0.6) is 5.75 Å². The molecule has 5 rings (SSSR count). The second-order valence-corrected chi connectivity index (χ2v) is 12.8. The highest BCUT2D eigenvalue weighted by Crippen LogP contribution is 2.40. The molecule has 1 aromatic heterocycles. The van der Waals surface area contributed by atoms with E-state index in [0.717, 1.165) is 48.7 Å². The van der Waals surface area contributed by atoms with Crippen LogP contribution in [-0.2, 0) is 10.8 Å². The van der Waals surface area contributed by atoms with Crippen LogP contribution in [0.3, 0.4) is 0 Å². The van der Waals surface area contributed by atoms with Crippen molar-refractivity contribution in [2.45, 2.75) is 52.4 Å². The van der Waals surface area contributed by atoms with Crippen LogP contribution in [0.1, 0.15) is 58.2 Å². The summed E-state index contributed by atoms with van der Waals surface area (Å²) in [4.78, 5) is 9.97. The summed E-state index contributed by atoms with van der Waals surface area (Å²) < 4.78 is 1.14. The van der Waals surface area contributed by atoms with E-state index in [-0.39, 0.29) is 10.8 Å². The summed E-state index contributed by atoms with van der Waals surface area (Å²) in [5.74, 6) is 0.291. The normalized spacial score (nSPS) is 12.5. The summed E-state index contributed by atoms with van der Waals surface area (Å²) in [6, 6.07) is 29.0. The lowest BCUT2D eigenvalue weighted by Gasteiger charge is -2.27. The van der Waals surface area contributed by atoms with Gasteiger partial charge in [0.25, 0.3) is 0 Å². The van der Waals surface area contributed by atoms with E-state index in [4.69, 9.17) is 9.98 Å². The Kier molecular flexibility index (Phi) is 6.70. The molecule has 0 aliphatic rings. The summed E-state index contributed by atoms with van der Waals surface area (Å²) in [6.45, 7) is 13.0. The van der Waals surface area contributed by atoms with Crippen LogP contribution in [-0.4, -0.2) is 16.3 Å². The van der Waals surface area contributed by atoms with Gasteiger partial charge in [0.2, 0.25) is 0 Å². The summed E-state index contributed by atoms with van der Waals surface area (Å²) in [5, 5.41) is 12.1. The van der Waals surface area contributed by atoms with Crippen molar-refractivity contribution in [3.05, 3.63) is 102 Å². The molecule has 0 saturated carbocycles. The van der Waals surface area contributed by atoms with Gasteiger partial charge in [0, 0.05) is 28.5 Å². The third-order valence-corrected chi connectivity index (χ3v) is 7.85. The van der Waals surface area contributed by atoms with E-state index in [0.29, 0.717) is 5.75 Å². The highest BCUT2D eigenvalue weighted by atomic mass is 32.1. The zero-order chi connectivity index (χ0) is 27.1. The summed E-state index contributed by atoms with van der Waals surface area (Å²) in [7, 11) is 0. The van der Waals surface area contributed by atoms with Crippen LogP contribution in [0.25, 0.3) is 31.9 Å². The molecule has 1 N–H and O–H groups in total. The Labute approximate surface area is 229 Å². The number of hydrogen-bond acceptors (Lipinski definition) is 4. The fraction of sp³-hybridized carbons (Fsp3) is 0.235. The zero-order valence-corrected chi connectivity index (χ0v) is 23.7. The van der Waals surface area contributed by atoms with Crippen molar-refractivity contribution in [2.75, 3.05) is 0 Å². The van der Waals surface area contributed by atoms with Crippen LogP contribution in [0.2, 0.25) is 0 Å². The third kappa shape index (κ3) is 5.14. The highest BCUT2D eigenvalue weighted by molar-refractivity contribution is 7.21. The topological polar surface area (TPSA) is 45.5 Å². The maximum absolute atomic E-state index is 11.2. The lowest BCUT2D eigenvalue weighted by Crippen LogP contribution is -2.17. The Bertz CT molecular complexity index is 1630. The molecule has 0 atom stereocenters. The summed E-state index contributed by atoms with van der Waals surface area (Å²) in [5.41, 5.74) is 7.69. The third-order valence-electron chi connectivity index (χ3n) is 6.79. The van der Waals surface area contributed by atoms with E-state index in [2.05, 4.69) is 102 Å². The van der Waals surface area contributed by atoms with Crippen molar-refractivity contribution in [3.63, 3.8) is 0 Å². The fourth-order valence-corrected chi connectivity index (χ4v) is 5.61. The Morgan fingerprint density at radius 2 is 1.45 bits per heavy atom. The van der Waals surface area contributed by atoms with E-state index in [9.17, 15) is 5.11 Å². The molecule has 0 amide bonds. The number of aliphatic imine (C=N–C) groups is 1. The smallest absolute Gasteiger partial charge is 0.128 e. The standard InChI is InChI=1S/C34H34N2OS/c1-33(2,3)24-19-23(31(37)27(20-24)34(4,5)6)21-35-28-17-11-10-15-26(28)32-36-30-25(16-12-18-29(30)38-32)22-13-8-7-9-14-22/h7-21,37H,1-6H3. The van der Waals surface area contributed by atoms with Gasteiger partial charge in [-0.1, -0.05) is 102 Å². The minimum Gasteiger partial charge on any atom is -0.507 e. The number of fused-ring (bicyclic) bond motifs is 1. The van der Waals surface area contributed by atoms with Gasteiger partial charge >= 0.3 is 0 Å². The lowest BCUT2D eigenvalue weighted by molar-refractivity contribution is 0.444. The average molecular weight is 519 g/mol. The molecular weight excluding hydrogens is 484 g/mol. The summed E-state index contributed by atoms with van der Waals surface area (Å²) >= 11 is 1.68. The lowest BCUT2D eigenvalue weighted by atomic mass is 9.79. The molecule has 0 radical (unpaired) electrons. The number of thiazole rings is 1. The van der Waals surface area contributed by atoms with Gasteiger partial charge in [0.05, 0.1) is 15.9 Å². The van der Waals surface area contributed by atoms with Crippen LogP contribution >= 0.6 is 11.3 Å². The van der Waals surface area contributed by atoms with Crippen molar-refractivity contribution in [1.82, 2.24) is 4.98 Å². The quantitative estimate of drug-likeness (QED) is 0.241. The Hall–Kier alpha value is -3.76. The first-order valence-corrected chi connectivity index (χ1v) is 13.8. The van der Waals surface area contributed by atoms with Crippen LogP contribution in [0.15, 0.2) is 89.9 Å². The second-order valence-electron chi connectivity index (χ2n) is 11.8. The van der Waals surface area contributed by atoms with Crippen LogP contribution < -0.4 is 0 Å². The molecule has 4 aromatic carbocycles. The van der Waals surface area contributed by atoms with Crippen molar-refractivity contribution in [2.24, 2.45) is 4.99 Å². The van der Waals surface area contributed by atoms with Gasteiger partial charge in [0.1, 0.15) is 10.8 Å². The number of hydrogen-bond donors (Lipinski definition) is 1. The summed E-state index contributed by atoms with van der Waals surface area (Å²) in [6.07, 6.45) is 1.79. The van der Waals surface area contributed by atoms with Crippen molar-refractivity contribution < 1.29 is 5.11 Å². The molecule has 0 spiro atoms. The number of para-hydroxylation sites is 2. The van der Waals surface area contributed by atoms with E-state index in [1.54, 1.807) is 17.6 Å². The Morgan fingerprint density at radius 1 is 0.763 bits per heavy atom. The predicted molar refractivity (Wildman–Crippen MR) is 163 cm³/mol. The van der Waals surface area contributed by atoms with Crippen LogP contribution in [0.4, 0.5) is 5.69 Å². The largest absolute Gasteiger partial charge is 0.507 e. The second kappa shape index (κ2) is 9.85. The molecule has 5 aromatic rings. The van der Waals surface area contributed by atoms with Gasteiger partial charge in [0.15, 0.2) is 0 Å². The number of aromatic nitrogens is 1. The number of aromatic hydroxyl groups is 1. The fourth-order valence-electron chi connectivity index (χ4n) is 4.58. The van der Waals surface area contributed by atoms with E-state index in [1.165, 1.54) is 5.56 Å². The molecule has 0 unspecified atom stereocenters. The predicted octanol–water partition coefficient (Wildman–Crippen LogP) is 9.68. The molecule has 0 aliphatic carbocycles.